The molecule has 1 heterocycles. The maximum absolute atomic E-state index is 10.3. The number of aromatic nitrogens is 2. The maximum Gasteiger partial charge on any atom is 0.140 e. The van der Waals surface area contributed by atoms with Crippen LogP contribution in [0.3, 0.4) is 0 Å². The number of ether oxygens (including phenoxy) is 1. The normalized spacial score (nSPS) is 12.9. The Balaban J connectivity index is 1.64. The molecule has 0 fully saturated rings. The molecule has 184 valence electrons. The van der Waals surface area contributed by atoms with Crippen molar-refractivity contribution in [2.75, 3.05) is 6.61 Å². The zero-order valence-electron chi connectivity index (χ0n) is 20.7. The van der Waals surface area contributed by atoms with Crippen LogP contribution in [0.4, 0.5) is 0 Å². The SMILES string of the molecule is CC(C)Oc1ccc(CN[C@H](CCO)Cc2ccc(-c3cn(C)c(C(C)(C)O)n3)cc2)cc1Cl. The summed E-state index contributed by atoms with van der Waals surface area (Å²) in [7, 11) is 1.89. The Hall–Kier alpha value is -2.38. The molecule has 0 unspecified atom stereocenters. The average molecular weight is 486 g/mol. The maximum atomic E-state index is 10.3. The predicted molar refractivity (Wildman–Crippen MR) is 137 cm³/mol. The molecule has 7 heteroatoms. The summed E-state index contributed by atoms with van der Waals surface area (Å²) in [5.74, 6) is 1.32. The van der Waals surface area contributed by atoms with E-state index in [-0.39, 0.29) is 18.8 Å². The third-order valence-corrected chi connectivity index (χ3v) is 5.88. The first kappa shape index (κ1) is 26.2. The van der Waals surface area contributed by atoms with E-state index in [0.717, 1.165) is 23.2 Å². The molecule has 3 rings (SSSR count). The topological polar surface area (TPSA) is 79.5 Å². The number of rotatable bonds is 11. The molecule has 0 saturated heterocycles. The van der Waals surface area contributed by atoms with Crippen molar-refractivity contribution in [1.82, 2.24) is 14.9 Å². The molecule has 2 aromatic carbocycles. The van der Waals surface area contributed by atoms with Crippen molar-refractivity contribution in [3.63, 3.8) is 0 Å². The quantitative estimate of drug-likeness (QED) is 0.362. The smallest absolute Gasteiger partial charge is 0.140 e. The van der Waals surface area contributed by atoms with Crippen molar-refractivity contribution < 1.29 is 14.9 Å². The van der Waals surface area contributed by atoms with Gasteiger partial charge in [0.1, 0.15) is 17.2 Å². The van der Waals surface area contributed by atoms with E-state index in [2.05, 4.69) is 34.6 Å². The lowest BCUT2D eigenvalue weighted by Gasteiger charge is -2.19. The lowest BCUT2D eigenvalue weighted by atomic mass is 10.0. The highest BCUT2D eigenvalue weighted by Crippen LogP contribution is 2.27. The Morgan fingerprint density at radius 2 is 1.79 bits per heavy atom. The van der Waals surface area contributed by atoms with E-state index in [4.69, 9.17) is 16.3 Å². The molecule has 0 radical (unpaired) electrons. The summed E-state index contributed by atoms with van der Waals surface area (Å²) < 4.78 is 7.56. The molecule has 1 aromatic heterocycles. The molecule has 0 aliphatic carbocycles. The minimum atomic E-state index is -0.998. The van der Waals surface area contributed by atoms with Crippen LogP contribution in [0.25, 0.3) is 11.3 Å². The Morgan fingerprint density at radius 3 is 2.35 bits per heavy atom. The minimum absolute atomic E-state index is 0.0723. The van der Waals surface area contributed by atoms with Gasteiger partial charge in [-0.15, -0.1) is 0 Å². The molecule has 0 saturated carbocycles. The van der Waals surface area contributed by atoms with E-state index in [1.165, 1.54) is 5.56 Å². The lowest BCUT2D eigenvalue weighted by molar-refractivity contribution is 0.0659. The molecule has 6 nitrogen and oxygen atoms in total. The number of nitrogens with one attached hydrogen (secondary N) is 1. The Kier molecular flexibility index (Phi) is 8.77. The van der Waals surface area contributed by atoms with Gasteiger partial charge >= 0.3 is 0 Å². The number of hydrogen-bond acceptors (Lipinski definition) is 5. The van der Waals surface area contributed by atoms with Gasteiger partial charge in [0.15, 0.2) is 0 Å². The number of hydrogen-bond donors (Lipinski definition) is 3. The van der Waals surface area contributed by atoms with Crippen LogP contribution >= 0.6 is 11.6 Å². The second kappa shape index (κ2) is 11.4. The molecule has 0 aliphatic heterocycles. The van der Waals surface area contributed by atoms with Crippen LogP contribution in [-0.2, 0) is 25.6 Å². The number of aliphatic hydroxyl groups is 2. The number of halogens is 1. The van der Waals surface area contributed by atoms with Gasteiger partial charge in [-0.3, -0.25) is 0 Å². The van der Waals surface area contributed by atoms with E-state index >= 15 is 0 Å². The van der Waals surface area contributed by atoms with Crippen LogP contribution < -0.4 is 10.1 Å². The highest BCUT2D eigenvalue weighted by atomic mass is 35.5. The summed E-state index contributed by atoms with van der Waals surface area (Å²) in [6, 6.07) is 14.2. The third kappa shape index (κ3) is 7.06. The minimum Gasteiger partial charge on any atom is -0.489 e. The second-order valence-corrected chi connectivity index (χ2v) is 9.95. The van der Waals surface area contributed by atoms with Crippen LogP contribution in [-0.4, -0.2) is 38.5 Å². The monoisotopic (exact) mass is 485 g/mol. The van der Waals surface area contributed by atoms with E-state index in [1.807, 2.05) is 49.9 Å². The van der Waals surface area contributed by atoms with Crippen molar-refractivity contribution >= 4 is 11.6 Å². The van der Waals surface area contributed by atoms with Gasteiger partial charge in [0.05, 0.1) is 16.8 Å². The van der Waals surface area contributed by atoms with Crippen LogP contribution in [0.5, 0.6) is 5.75 Å². The van der Waals surface area contributed by atoms with Crippen LogP contribution in [0.1, 0.15) is 51.1 Å². The van der Waals surface area contributed by atoms with E-state index < -0.39 is 5.60 Å². The van der Waals surface area contributed by atoms with Gasteiger partial charge in [-0.05, 0) is 63.8 Å². The first-order chi connectivity index (χ1) is 16.1. The molecule has 0 aliphatic rings. The summed E-state index contributed by atoms with van der Waals surface area (Å²) in [5.41, 5.74) is 3.07. The molecule has 34 heavy (non-hydrogen) atoms. The van der Waals surface area contributed by atoms with E-state index in [0.29, 0.717) is 29.6 Å². The highest BCUT2D eigenvalue weighted by molar-refractivity contribution is 6.32. The molecular formula is C27H36ClN3O3. The molecule has 3 aromatic rings. The van der Waals surface area contributed by atoms with Crippen LogP contribution in [0.2, 0.25) is 5.02 Å². The molecule has 3 N–H and O–H groups in total. The van der Waals surface area contributed by atoms with Gasteiger partial charge in [0.25, 0.3) is 0 Å². The van der Waals surface area contributed by atoms with Gasteiger partial charge in [0, 0.05) is 38.0 Å². The number of aliphatic hydroxyl groups excluding tert-OH is 1. The van der Waals surface area contributed by atoms with Crippen LogP contribution in [0.15, 0.2) is 48.7 Å². The molecule has 0 bridgehead atoms. The Labute approximate surface area is 207 Å². The first-order valence-electron chi connectivity index (χ1n) is 11.7. The van der Waals surface area contributed by atoms with Crippen LogP contribution in [0, 0.1) is 0 Å². The number of nitrogens with zero attached hydrogens (tertiary/aromatic N) is 2. The zero-order chi connectivity index (χ0) is 24.9. The predicted octanol–water partition coefficient (Wildman–Crippen LogP) is 4.84. The fourth-order valence-corrected chi connectivity index (χ4v) is 4.22. The number of aryl methyl sites for hydroxylation is 1. The number of imidazole rings is 1. The summed E-state index contributed by atoms with van der Waals surface area (Å²) >= 11 is 6.37. The van der Waals surface area contributed by atoms with Gasteiger partial charge in [-0.1, -0.05) is 41.9 Å². The molecule has 0 amide bonds. The van der Waals surface area contributed by atoms with E-state index in [9.17, 15) is 10.2 Å². The zero-order valence-corrected chi connectivity index (χ0v) is 21.4. The third-order valence-electron chi connectivity index (χ3n) is 5.59. The van der Waals surface area contributed by atoms with Gasteiger partial charge in [0.2, 0.25) is 0 Å². The summed E-state index contributed by atoms with van der Waals surface area (Å²) in [4.78, 5) is 4.61. The average Bonchev–Trinajstić information content (AvgIpc) is 3.16. The number of benzene rings is 2. The van der Waals surface area contributed by atoms with Gasteiger partial charge in [-0.2, -0.15) is 0 Å². The fourth-order valence-electron chi connectivity index (χ4n) is 3.97. The Morgan fingerprint density at radius 1 is 1.12 bits per heavy atom. The highest BCUT2D eigenvalue weighted by Gasteiger charge is 2.22. The molecule has 0 spiro atoms. The second-order valence-electron chi connectivity index (χ2n) is 9.54. The van der Waals surface area contributed by atoms with E-state index in [1.54, 1.807) is 13.8 Å². The molecule has 1 atom stereocenters. The molecular weight excluding hydrogens is 450 g/mol. The summed E-state index contributed by atoms with van der Waals surface area (Å²) in [6.07, 6.45) is 3.45. The van der Waals surface area contributed by atoms with Crippen molar-refractivity contribution in [2.45, 2.75) is 64.8 Å². The largest absolute Gasteiger partial charge is 0.489 e. The van der Waals surface area contributed by atoms with Gasteiger partial charge in [-0.25, -0.2) is 4.98 Å². The van der Waals surface area contributed by atoms with Crippen molar-refractivity contribution in [2.24, 2.45) is 7.05 Å². The lowest BCUT2D eigenvalue weighted by Crippen LogP contribution is -2.31. The van der Waals surface area contributed by atoms with Gasteiger partial charge < -0.3 is 24.8 Å². The fraction of sp³-hybridized carbons (Fsp3) is 0.444. The van der Waals surface area contributed by atoms with Crippen molar-refractivity contribution in [3.8, 4) is 17.0 Å². The first-order valence-corrected chi connectivity index (χ1v) is 12.1. The summed E-state index contributed by atoms with van der Waals surface area (Å²) in [5, 5.41) is 24.0. The Bertz CT molecular complexity index is 1070. The standard InChI is InChI=1S/C27H36ClN3O3/c1-18(2)34-25-11-8-20(15-23(25)28)16-29-22(12-13-32)14-19-6-9-21(10-7-19)24-17-31(5)26(30-24)27(3,4)33/h6-11,15,17-18,22,29,32-33H,12-14,16H2,1-5H3/t22-/m1/s1. The van der Waals surface area contributed by atoms with Crippen molar-refractivity contribution in [3.05, 3.63) is 70.6 Å². The summed E-state index contributed by atoms with van der Waals surface area (Å²) in [6.45, 7) is 8.18. The van der Waals surface area contributed by atoms with Crippen molar-refractivity contribution in [1.29, 1.82) is 0 Å².